The second-order valence-electron chi connectivity index (χ2n) is 4.50. The summed E-state index contributed by atoms with van der Waals surface area (Å²) in [4.78, 5) is 22.2. The molecule has 0 aliphatic carbocycles. The van der Waals surface area contributed by atoms with Crippen molar-refractivity contribution in [2.24, 2.45) is 5.73 Å². The Hall–Kier alpha value is -2.45. The fourth-order valence-corrected chi connectivity index (χ4v) is 1.49. The van der Waals surface area contributed by atoms with E-state index >= 15 is 0 Å². The molecule has 9 heteroatoms. The summed E-state index contributed by atoms with van der Waals surface area (Å²) in [7, 11) is 0. The van der Waals surface area contributed by atoms with E-state index in [-0.39, 0.29) is 12.3 Å². The molecule has 0 aliphatic heterocycles. The minimum Gasteiger partial charge on any atom is -0.484 e. The maximum atomic E-state index is 12.0. The number of primary amides is 1. The zero-order chi connectivity index (χ0) is 16.8. The fourth-order valence-electron chi connectivity index (χ4n) is 1.49. The average molecular weight is 319 g/mol. The lowest BCUT2D eigenvalue weighted by atomic mass is 10.2. The number of hydrogen-bond acceptors (Lipinski definition) is 3. The number of alkyl halides is 3. The Balaban J connectivity index is 2.44. The molecule has 0 saturated carbocycles. The Morgan fingerprint density at radius 2 is 1.86 bits per heavy atom. The zero-order valence-corrected chi connectivity index (χ0v) is 11.7. The van der Waals surface area contributed by atoms with E-state index in [4.69, 9.17) is 5.73 Å². The van der Waals surface area contributed by atoms with Gasteiger partial charge in [-0.1, -0.05) is 12.1 Å². The Labute approximate surface area is 124 Å². The third-order valence-electron chi connectivity index (χ3n) is 2.54. The molecule has 122 valence electrons. The number of ether oxygens (including phenoxy) is 1. The quantitative estimate of drug-likeness (QED) is 0.738. The van der Waals surface area contributed by atoms with E-state index < -0.39 is 30.8 Å². The van der Waals surface area contributed by atoms with Crippen LogP contribution in [-0.4, -0.2) is 30.8 Å². The van der Waals surface area contributed by atoms with Crippen molar-refractivity contribution in [3.8, 4) is 5.75 Å². The van der Waals surface area contributed by atoms with Gasteiger partial charge in [-0.25, -0.2) is 4.79 Å². The Morgan fingerprint density at radius 3 is 2.36 bits per heavy atom. The van der Waals surface area contributed by atoms with Gasteiger partial charge in [-0.05, 0) is 24.6 Å². The first-order chi connectivity index (χ1) is 10.2. The minimum absolute atomic E-state index is 0.0798. The van der Waals surface area contributed by atoms with E-state index in [2.05, 4.69) is 15.4 Å². The van der Waals surface area contributed by atoms with Crippen LogP contribution in [0.2, 0.25) is 0 Å². The van der Waals surface area contributed by atoms with Gasteiger partial charge in [0, 0.05) is 6.54 Å². The van der Waals surface area contributed by atoms with E-state index in [1.807, 2.05) is 0 Å². The summed E-state index contributed by atoms with van der Waals surface area (Å²) in [6, 6.07) is 4.20. The molecule has 0 radical (unpaired) electrons. The van der Waals surface area contributed by atoms with Crippen molar-refractivity contribution in [1.29, 1.82) is 0 Å². The number of hydrogen-bond donors (Lipinski definition) is 3. The van der Waals surface area contributed by atoms with Gasteiger partial charge in [0.25, 0.3) is 0 Å². The molecule has 0 aromatic heterocycles. The highest BCUT2D eigenvalue weighted by Crippen LogP contribution is 2.18. The van der Waals surface area contributed by atoms with Crippen LogP contribution in [0.1, 0.15) is 12.5 Å². The number of rotatable bonds is 6. The molecule has 1 aromatic carbocycles. The number of nitrogens with two attached hydrogens (primary N) is 1. The van der Waals surface area contributed by atoms with Crippen molar-refractivity contribution in [3.05, 3.63) is 29.8 Å². The van der Waals surface area contributed by atoms with E-state index in [9.17, 15) is 22.8 Å². The normalized spacial score (nSPS) is 12.4. The van der Waals surface area contributed by atoms with Crippen molar-refractivity contribution < 1.29 is 27.5 Å². The highest BCUT2D eigenvalue weighted by molar-refractivity contribution is 5.86. The molecule has 4 N–H and O–H groups in total. The smallest absolute Gasteiger partial charge is 0.422 e. The lowest BCUT2D eigenvalue weighted by Crippen LogP contribution is -2.46. The predicted octanol–water partition coefficient (Wildman–Crippen LogP) is 1.30. The molecule has 0 bridgehead atoms. The van der Waals surface area contributed by atoms with Gasteiger partial charge in [0.15, 0.2) is 6.61 Å². The predicted molar refractivity (Wildman–Crippen MR) is 72.0 cm³/mol. The number of amides is 3. The standard InChI is InChI=1S/C13H16F3N3O3/c1-8(19-12(17)21)11(20)18-6-9-2-4-10(5-3-9)22-7-13(14,15)16/h2-5,8H,6-7H2,1H3,(H,18,20)(H3,17,19,21)/t8-/m1/s1. The van der Waals surface area contributed by atoms with Gasteiger partial charge in [-0.3, -0.25) is 4.79 Å². The molecule has 0 fully saturated rings. The Kier molecular flexibility index (Phi) is 6.02. The van der Waals surface area contributed by atoms with Crippen LogP contribution in [0, 0.1) is 0 Å². The third kappa shape index (κ3) is 6.82. The molecular formula is C13H16F3N3O3. The first-order valence-electron chi connectivity index (χ1n) is 6.29. The number of carbonyl (C=O) groups is 2. The first-order valence-corrected chi connectivity index (χ1v) is 6.29. The number of nitrogens with one attached hydrogen (secondary N) is 2. The maximum absolute atomic E-state index is 12.0. The van der Waals surface area contributed by atoms with Crippen LogP contribution in [0.4, 0.5) is 18.0 Å². The minimum atomic E-state index is -4.39. The zero-order valence-electron chi connectivity index (χ0n) is 11.7. The van der Waals surface area contributed by atoms with Gasteiger partial charge in [0.2, 0.25) is 5.91 Å². The molecule has 0 aliphatic rings. The van der Waals surface area contributed by atoms with E-state index in [1.165, 1.54) is 31.2 Å². The number of urea groups is 1. The summed E-state index contributed by atoms with van der Waals surface area (Å²) in [6.07, 6.45) is -4.39. The van der Waals surface area contributed by atoms with Gasteiger partial charge < -0.3 is 21.1 Å². The largest absolute Gasteiger partial charge is 0.484 e. The molecule has 0 unspecified atom stereocenters. The SMILES string of the molecule is C[C@@H](NC(N)=O)C(=O)NCc1ccc(OCC(F)(F)F)cc1. The van der Waals surface area contributed by atoms with E-state index in [1.54, 1.807) is 0 Å². The molecule has 0 spiro atoms. The molecule has 0 saturated heterocycles. The van der Waals surface area contributed by atoms with E-state index in [0.717, 1.165) is 0 Å². The van der Waals surface area contributed by atoms with Crippen LogP contribution < -0.4 is 21.1 Å². The van der Waals surface area contributed by atoms with Crippen LogP contribution in [0.3, 0.4) is 0 Å². The van der Waals surface area contributed by atoms with E-state index in [0.29, 0.717) is 5.56 Å². The summed E-state index contributed by atoms with van der Waals surface area (Å²) in [5, 5.41) is 4.77. The van der Waals surface area contributed by atoms with Crippen LogP contribution in [0.25, 0.3) is 0 Å². The van der Waals surface area contributed by atoms with Gasteiger partial charge >= 0.3 is 12.2 Å². The topological polar surface area (TPSA) is 93.5 Å². The number of halogens is 3. The van der Waals surface area contributed by atoms with Crippen molar-refractivity contribution in [1.82, 2.24) is 10.6 Å². The highest BCUT2D eigenvalue weighted by atomic mass is 19.4. The summed E-state index contributed by atoms with van der Waals surface area (Å²) in [5.41, 5.74) is 5.56. The lowest BCUT2D eigenvalue weighted by molar-refractivity contribution is -0.153. The van der Waals surface area contributed by atoms with Crippen LogP contribution >= 0.6 is 0 Å². The Bertz CT molecular complexity index is 518. The molecule has 6 nitrogen and oxygen atoms in total. The second-order valence-corrected chi connectivity index (χ2v) is 4.50. The second kappa shape index (κ2) is 7.53. The lowest BCUT2D eigenvalue weighted by Gasteiger charge is -2.13. The third-order valence-corrected chi connectivity index (χ3v) is 2.54. The fraction of sp³-hybridized carbons (Fsp3) is 0.385. The average Bonchev–Trinajstić information content (AvgIpc) is 2.42. The van der Waals surface area contributed by atoms with Crippen LogP contribution in [0.15, 0.2) is 24.3 Å². The summed E-state index contributed by atoms with van der Waals surface area (Å²) < 4.78 is 40.5. The van der Waals surface area contributed by atoms with Crippen LogP contribution in [0.5, 0.6) is 5.75 Å². The molecule has 1 atom stereocenters. The molecule has 1 rings (SSSR count). The van der Waals surface area contributed by atoms with Crippen LogP contribution in [-0.2, 0) is 11.3 Å². The van der Waals surface area contributed by atoms with Gasteiger partial charge in [0.05, 0.1) is 0 Å². The monoisotopic (exact) mass is 319 g/mol. The van der Waals surface area contributed by atoms with Gasteiger partial charge in [-0.2, -0.15) is 13.2 Å². The van der Waals surface area contributed by atoms with Crippen molar-refractivity contribution in [2.75, 3.05) is 6.61 Å². The molecule has 1 aromatic rings. The molecule has 22 heavy (non-hydrogen) atoms. The number of carbonyl (C=O) groups excluding carboxylic acids is 2. The Morgan fingerprint density at radius 1 is 1.27 bits per heavy atom. The van der Waals surface area contributed by atoms with Gasteiger partial charge in [-0.15, -0.1) is 0 Å². The first kappa shape index (κ1) is 17.6. The molecule has 0 heterocycles. The molecular weight excluding hydrogens is 303 g/mol. The summed E-state index contributed by atoms with van der Waals surface area (Å²) in [6.45, 7) is 0.261. The molecule has 3 amide bonds. The van der Waals surface area contributed by atoms with Crippen molar-refractivity contribution in [2.45, 2.75) is 25.7 Å². The maximum Gasteiger partial charge on any atom is 0.422 e. The number of benzene rings is 1. The highest BCUT2D eigenvalue weighted by Gasteiger charge is 2.28. The summed E-state index contributed by atoms with van der Waals surface area (Å²) in [5.74, 6) is -0.354. The summed E-state index contributed by atoms with van der Waals surface area (Å²) >= 11 is 0. The van der Waals surface area contributed by atoms with Gasteiger partial charge in [0.1, 0.15) is 11.8 Å². The van der Waals surface area contributed by atoms with Crippen molar-refractivity contribution in [3.63, 3.8) is 0 Å². The van der Waals surface area contributed by atoms with Crippen molar-refractivity contribution >= 4 is 11.9 Å².